The maximum Gasteiger partial charge on any atom is 0.0907 e. The number of aliphatic imine (C=N–C) groups is 1. The lowest BCUT2D eigenvalue weighted by Gasteiger charge is -2.09. The first-order valence-electron chi connectivity index (χ1n) is 5.32. The Hall–Kier alpha value is -1.31. The minimum absolute atomic E-state index is 0.555. The van der Waals surface area contributed by atoms with E-state index >= 15 is 0 Å². The first-order valence-corrected chi connectivity index (χ1v) is 5.32. The molecule has 0 aliphatic heterocycles. The third-order valence-electron chi connectivity index (χ3n) is 2.33. The zero-order valence-corrected chi connectivity index (χ0v) is 10.3. The van der Waals surface area contributed by atoms with Gasteiger partial charge in [0.05, 0.1) is 12.0 Å². The minimum atomic E-state index is 0.555. The SMILES string of the molecule is Cc1ccc(C(C)C)cc1N=CN(C)C. The van der Waals surface area contributed by atoms with Gasteiger partial charge in [-0.2, -0.15) is 0 Å². The maximum atomic E-state index is 4.45. The summed E-state index contributed by atoms with van der Waals surface area (Å²) in [5.41, 5.74) is 3.62. The van der Waals surface area contributed by atoms with Crippen molar-refractivity contribution in [3.05, 3.63) is 29.3 Å². The molecule has 0 aromatic heterocycles. The maximum absolute atomic E-state index is 4.45. The molecule has 82 valence electrons. The summed E-state index contributed by atoms with van der Waals surface area (Å²) in [7, 11) is 3.95. The second kappa shape index (κ2) is 4.96. The summed E-state index contributed by atoms with van der Waals surface area (Å²) in [5.74, 6) is 0.555. The standard InChI is InChI=1S/C13H20N2/c1-10(2)12-7-6-11(3)13(8-12)14-9-15(4)5/h6-10H,1-5H3. The first-order chi connectivity index (χ1) is 7.00. The molecule has 0 spiro atoms. The first kappa shape index (κ1) is 11.8. The van der Waals surface area contributed by atoms with Crippen LogP contribution in [-0.4, -0.2) is 25.3 Å². The van der Waals surface area contributed by atoms with Crippen molar-refractivity contribution in [1.29, 1.82) is 0 Å². The van der Waals surface area contributed by atoms with Crippen LogP contribution in [0.2, 0.25) is 0 Å². The Morgan fingerprint density at radius 1 is 1.27 bits per heavy atom. The highest BCUT2D eigenvalue weighted by Gasteiger charge is 2.02. The lowest BCUT2D eigenvalue weighted by molar-refractivity contribution is 0.643. The lowest BCUT2D eigenvalue weighted by atomic mass is 10.0. The topological polar surface area (TPSA) is 15.6 Å². The molecule has 1 rings (SSSR count). The van der Waals surface area contributed by atoms with Crippen LogP contribution in [0.4, 0.5) is 5.69 Å². The van der Waals surface area contributed by atoms with Crippen molar-refractivity contribution < 1.29 is 0 Å². The molecule has 0 aliphatic carbocycles. The van der Waals surface area contributed by atoms with Crippen LogP contribution in [0.25, 0.3) is 0 Å². The summed E-state index contributed by atoms with van der Waals surface area (Å²) < 4.78 is 0. The molecule has 0 N–H and O–H groups in total. The predicted molar refractivity (Wildman–Crippen MR) is 67.1 cm³/mol. The van der Waals surface area contributed by atoms with Gasteiger partial charge in [-0.15, -0.1) is 0 Å². The fourth-order valence-corrected chi connectivity index (χ4v) is 1.30. The summed E-state index contributed by atoms with van der Waals surface area (Å²) >= 11 is 0. The molecule has 0 aliphatic rings. The van der Waals surface area contributed by atoms with Crippen LogP contribution >= 0.6 is 0 Å². The summed E-state index contributed by atoms with van der Waals surface area (Å²) in [6.45, 7) is 6.49. The smallest absolute Gasteiger partial charge is 0.0907 e. The quantitative estimate of drug-likeness (QED) is 0.544. The van der Waals surface area contributed by atoms with Gasteiger partial charge in [0.2, 0.25) is 0 Å². The van der Waals surface area contributed by atoms with Crippen molar-refractivity contribution >= 4 is 12.0 Å². The van der Waals surface area contributed by atoms with E-state index in [1.54, 1.807) is 0 Å². The van der Waals surface area contributed by atoms with E-state index in [1.165, 1.54) is 11.1 Å². The van der Waals surface area contributed by atoms with Crippen molar-refractivity contribution in [1.82, 2.24) is 4.90 Å². The Kier molecular flexibility index (Phi) is 3.89. The average Bonchev–Trinajstić information content (AvgIpc) is 2.16. The molecule has 15 heavy (non-hydrogen) atoms. The van der Waals surface area contributed by atoms with Gasteiger partial charge in [0.1, 0.15) is 0 Å². The zero-order valence-electron chi connectivity index (χ0n) is 10.3. The number of hydrogen-bond acceptors (Lipinski definition) is 1. The fourth-order valence-electron chi connectivity index (χ4n) is 1.30. The fraction of sp³-hybridized carbons (Fsp3) is 0.462. The molecule has 0 atom stereocenters. The molecule has 2 heteroatoms. The van der Waals surface area contributed by atoms with Gasteiger partial charge in [-0.05, 0) is 30.0 Å². The van der Waals surface area contributed by atoms with Gasteiger partial charge < -0.3 is 4.90 Å². The van der Waals surface area contributed by atoms with Crippen LogP contribution in [0.3, 0.4) is 0 Å². The summed E-state index contributed by atoms with van der Waals surface area (Å²) in [6, 6.07) is 6.48. The zero-order chi connectivity index (χ0) is 11.4. The Morgan fingerprint density at radius 3 is 2.47 bits per heavy atom. The van der Waals surface area contributed by atoms with Crippen LogP contribution in [0.1, 0.15) is 30.9 Å². The van der Waals surface area contributed by atoms with Crippen molar-refractivity contribution in [2.75, 3.05) is 14.1 Å². The lowest BCUT2D eigenvalue weighted by Crippen LogP contribution is -2.07. The van der Waals surface area contributed by atoms with Crippen molar-refractivity contribution in [2.45, 2.75) is 26.7 Å². The summed E-state index contributed by atoms with van der Waals surface area (Å²) in [5, 5.41) is 0. The van der Waals surface area contributed by atoms with E-state index in [0.29, 0.717) is 5.92 Å². The third kappa shape index (κ3) is 3.39. The van der Waals surface area contributed by atoms with Crippen LogP contribution in [0, 0.1) is 6.92 Å². The van der Waals surface area contributed by atoms with Crippen LogP contribution in [0.15, 0.2) is 23.2 Å². The second-order valence-corrected chi connectivity index (χ2v) is 4.41. The molecule has 0 bridgehead atoms. The van der Waals surface area contributed by atoms with E-state index in [4.69, 9.17) is 0 Å². The summed E-state index contributed by atoms with van der Waals surface area (Å²) in [4.78, 5) is 6.40. The highest BCUT2D eigenvalue weighted by Crippen LogP contribution is 2.24. The molecule has 0 unspecified atom stereocenters. The largest absolute Gasteiger partial charge is 0.369 e. The molecule has 0 heterocycles. The van der Waals surface area contributed by atoms with E-state index in [0.717, 1.165) is 5.69 Å². The van der Waals surface area contributed by atoms with E-state index in [9.17, 15) is 0 Å². The molecule has 1 aromatic carbocycles. The number of rotatable bonds is 3. The van der Waals surface area contributed by atoms with Crippen LogP contribution in [-0.2, 0) is 0 Å². The Morgan fingerprint density at radius 2 is 1.93 bits per heavy atom. The predicted octanol–water partition coefficient (Wildman–Crippen LogP) is 3.34. The van der Waals surface area contributed by atoms with Crippen molar-refractivity contribution in [3.63, 3.8) is 0 Å². The average molecular weight is 204 g/mol. The number of benzene rings is 1. The van der Waals surface area contributed by atoms with Crippen molar-refractivity contribution in [3.8, 4) is 0 Å². The third-order valence-corrected chi connectivity index (χ3v) is 2.33. The molecule has 0 saturated carbocycles. The van der Waals surface area contributed by atoms with Gasteiger partial charge in [-0.3, -0.25) is 0 Å². The van der Waals surface area contributed by atoms with E-state index in [1.807, 2.05) is 25.3 Å². The van der Waals surface area contributed by atoms with Crippen LogP contribution < -0.4 is 0 Å². The molecule has 1 aromatic rings. The molecule has 0 amide bonds. The Labute approximate surface area is 92.6 Å². The van der Waals surface area contributed by atoms with Gasteiger partial charge in [0.15, 0.2) is 0 Å². The molecular weight excluding hydrogens is 184 g/mol. The molecule has 0 radical (unpaired) electrons. The van der Waals surface area contributed by atoms with Gasteiger partial charge in [-0.1, -0.05) is 26.0 Å². The van der Waals surface area contributed by atoms with Gasteiger partial charge >= 0.3 is 0 Å². The molecule has 0 saturated heterocycles. The Balaban J connectivity index is 3.00. The minimum Gasteiger partial charge on any atom is -0.369 e. The molecular formula is C13H20N2. The van der Waals surface area contributed by atoms with Crippen LogP contribution in [0.5, 0.6) is 0 Å². The number of aryl methyl sites for hydroxylation is 1. The van der Waals surface area contributed by atoms with E-state index in [2.05, 4.69) is 44.0 Å². The van der Waals surface area contributed by atoms with E-state index < -0.39 is 0 Å². The Bertz CT molecular complexity index is 352. The summed E-state index contributed by atoms with van der Waals surface area (Å²) in [6.07, 6.45) is 1.84. The van der Waals surface area contributed by atoms with Gasteiger partial charge in [-0.25, -0.2) is 4.99 Å². The normalized spacial score (nSPS) is 11.3. The molecule has 2 nitrogen and oxygen atoms in total. The second-order valence-electron chi connectivity index (χ2n) is 4.41. The highest BCUT2D eigenvalue weighted by molar-refractivity contribution is 5.63. The number of nitrogens with zero attached hydrogens (tertiary/aromatic N) is 2. The van der Waals surface area contributed by atoms with Gasteiger partial charge in [0, 0.05) is 14.1 Å². The van der Waals surface area contributed by atoms with Gasteiger partial charge in [0.25, 0.3) is 0 Å². The van der Waals surface area contributed by atoms with E-state index in [-0.39, 0.29) is 0 Å². The molecule has 0 fully saturated rings. The van der Waals surface area contributed by atoms with Crippen molar-refractivity contribution in [2.24, 2.45) is 4.99 Å². The number of hydrogen-bond donors (Lipinski definition) is 0. The highest BCUT2D eigenvalue weighted by atomic mass is 15.1. The monoisotopic (exact) mass is 204 g/mol.